The zero-order valence-electron chi connectivity index (χ0n) is 17.6. The first kappa shape index (κ1) is 21.4. The summed E-state index contributed by atoms with van der Waals surface area (Å²) in [6.45, 7) is 3.15. The summed E-state index contributed by atoms with van der Waals surface area (Å²) in [5, 5.41) is 22.8. The summed E-state index contributed by atoms with van der Waals surface area (Å²) in [5.41, 5.74) is 3.46. The van der Waals surface area contributed by atoms with E-state index in [0.717, 1.165) is 18.4 Å². The Morgan fingerprint density at radius 3 is 2.73 bits per heavy atom. The number of allylic oxidation sites excluding steroid dienone is 4. The smallest absolute Gasteiger partial charge is 0.320 e. The van der Waals surface area contributed by atoms with E-state index in [1.807, 2.05) is 13.0 Å². The van der Waals surface area contributed by atoms with Gasteiger partial charge in [-0.1, -0.05) is 25.5 Å². The van der Waals surface area contributed by atoms with Gasteiger partial charge in [-0.2, -0.15) is 0 Å². The number of hydrogen-bond acceptors (Lipinski definition) is 7. The maximum absolute atomic E-state index is 12.9. The highest BCUT2D eigenvalue weighted by molar-refractivity contribution is 6.01. The molecule has 7 heteroatoms. The lowest BCUT2D eigenvalue weighted by Crippen LogP contribution is -2.61. The minimum Gasteiger partial charge on any atom is -0.457 e. The van der Waals surface area contributed by atoms with Crippen molar-refractivity contribution in [3.8, 4) is 0 Å². The van der Waals surface area contributed by atoms with Crippen LogP contribution < -0.4 is 5.73 Å². The second-order valence-electron chi connectivity index (χ2n) is 9.90. The molecular formula is C23H31NO6. The van der Waals surface area contributed by atoms with Crippen molar-refractivity contribution in [3.63, 3.8) is 0 Å². The predicted octanol–water partition coefficient (Wildman–Crippen LogP) is 1.07. The fourth-order valence-electron chi connectivity index (χ4n) is 7.11. The quantitative estimate of drug-likeness (QED) is 0.584. The molecule has 0 aromatic rings. The van der Waals surface area contributed by atoms with Crippen LogP contribution >= 0.6 is 0 Å². The van der Waals surface area contributed by atoms with Gasteiger partial charge in [-0.05, 0) is 56.1 Å². The number of nitrogens with two attached hydrogens (primary N) is 1. The Morgan fingerprint density at radius 1 is 1.30 bits per heavy atom. The lowest BCUT2D eigenvalue weighted by Gasteiger charge is -2.59. The van der Waals surface area contributed by atoms with Gasteiger partial charge in [-0.15, -0.1) is 0 Å². The van der Waals surface area contributed by atoms with E-state index in [1.165, 1.54) is 0 Å². The Bertz CT molecular complexity index is 849. The fraction of sp³-hybridized carbons (Fsp3) is 0.696. The molecular weight excluding hydrogens is 386 g/mol. The van der Waals surface area contributed by atoms with Gasteiger partial charge in [-0.3, -0.25) is 14.4 Å². The number of hydrogen-bond donors (Lipinski definition) is 3. The van der Waals surface area contributed by atoms with E-state index >= 15 is 0 Å². The van der Waals surface area contributed by atoms with Crippen molar-refractivity contribution in [1.82, 2.24) is 0 Å². The van der Waals surface area contributed by atoms with Crippen molar-refractivity contribution in [1.29, 1.82) is 0 Å². The van der Waals surface area contributed by atoms with E-state index < -0.39 is 35.5 Å². The molecule has 4 aliphatic carbocycles. The molecule has 0 aliphatic heterocycles. The molecule has 7 atom stereocenters. The maximum atomic E-state index is 12.9. The molecule has 0 aromatic heterocycles. The Morgan fingerprint density at radius 2 is 2.03 bits per heavy atom. The summed E-state index contributed by atoms with van der Waals surface area (Å²) in [4.78, 5) is 36.2. The third kappa shape index (κ3) is 2.86. The lowest BCUT2D eigenvalue weighted by molar-refractivity contribution is -0.181. The normalized spacial score (nSPS) is 44.6. The average Bonchev–Trinajstić information content (AvgIpc) is 2.97. The third-order valence-corrected chi connectivity index (χ3v) is 8.64. The summed E-state index contributed by atoms with van der Waals surface area (Å²) in [6, 6.07) is 0. The highest BCUT2D eigenvalue weighted by Crippen LogP contribution is 2.67. The molecule has 7 nitrogen and oxygen atoms in total. The topological polar surface area (TPSA) is 127 Å². The van der Waals surface area contributed by atoms with Crippen molar-refractivity contribution in [2.75, 3.05) is 13.2 Å². The van der Waals surface area contributed by atoms with Crippen LogP contribution in [0.5, 0.6) is 0 Å². The molecule has 3 saturated carbocycles. The number of carbonyl (C=O) groups is 3. The number of esters is 1. The van der Waals surface area contributed by atoms with Crippen LogP contribution in [0.2, 0.25) is 0 Å². The Balaban J connectivity index is 1.63. The highest BCUT2D eigenvalue weighted by Gasteiger charge is 2.68. The molecule has 3 fully saturated rings. The number of carbonyl (C=O) groups excluding carboxylic acids is 3. The van der Waals surface area contributed by atoms with Crippen LogP contribution in [0.1, 0.15) is 46.0 Å². The lowest BCUT2D eigenvalue weighted by atomic mass is 9.46. The second-order valence-corrected chi connectivity index (χ2v) is 9.90. The van der Waals surface area contributed by atoms with E-state index in [0.29, 0.717) is 6.42 Å². The predicted molar refractivity (Wildman–Crippen MR) is 108 cm³/mol. The molecule has 0 saturated heterocycles. The average molecular weight is 418 g/mol. The van der Waals surface area contributed by atoms with Gasteiger partial charge in [0.25, 0.3) is 0 Å². The number of aliphatic hydroxyl groups is 2. The second kappa shape index (κ2) is 7.11. The molecule has 0 spiro atoms. The van der Waals surface area contributed by atoms with Crippen molar-refractivity contribution < 1.29 is 29.3 Å². The summed E-state index contributed by atoms with van der Waals surface area (Å²) in [7, 11) is 0. The highest BCUT2D eigenvalue weighted by atomic mass is 16.5. The largest absolute Gasteiger partial charge is 0.457 e. The van der Waals surface area contributed by atoms with Crippen LogP contribution in [0.25, 0.3) is 0 Å². The number of Topliss-reactive ketones (excluding diaryl/α,β-unsaturated/α-hetero) is 1. The van der Waals surface area contributed by atoms with Crippen molar-refractivity contribution in [3.05, 3.63) is 23.8 Å². The molecule has 4 rings (SSSR count). The number of rotatable bonds is 4. The van der Waals surface area contributed by atoms with Gasteiger partial charge in [-0.25, -0.2) is 0 Å². The Kier molecular flexibility index (Phi) is 5.07. The zero-order valence-corrected chi connectivity index (χ0v) is 17.6. The molecule has 0 amide bonds. The maximum Gasteiger partial charge on any atom is 0.320 e. The summed E-state index contributed by atoms with van der Waals surface area (Å²) in [6.07, 6.45) is 7.36. The fourth-order valence-corrected chi connectivity index (χ4v) is 7.11. The van der Waals surface area contributed by atoms with Crippen LogP contribution in [-0.2, 0) is 19.1 Å². The van der Waals surface area contributed by atoms with Crippen LogP contribution in [0.4, 0.5) is 0 Å². The minimum absolute atomic E-state index is 0.0103. The monoisotopic (exact) mass is 417 g/mol. The molecule has 30 heavy (non-hydrogen) atoms. The van der Waals surface area contributed by atoms with Crippen LogP contribution in [0, 0.1) is 28.6 Å². The van der Waals surface area contributed by atoms with Crippen LogP contribution in [-0.4, -0.2) is 52.6 Å². The van der Waals surface area contributed by atoms with Crippen molar-refractivity contribution in [2.24, 2.45) is 34.3 Å². The van der Waals surface area contributed by atoms with Crippen LogP contribution in [0.3, 0.4) is 0 Å². The summed E-state index contributed by atoms with van der Waals surface area (Å²) >= 11 is 0. The Labute approximate surface area is 176 Å². The first-order valence-electron chi connectivity index (χ1n) is 10.8. The van der Waals surface area contributed by atoms with Gasteiger partial charge >= 0.3 is 5.97 Å². The standard InChI is InChI=1S/C23H31NO6/c1-21-7-5-14(25)9-13(21)3-4-15-16-6-8-23(29,18(27)12-30-19(28)11-24)22(16,2)10-17(26)20(15)21/h5,7,9,15-17,20,26,29H,3-4,6,8,10-12,24H2,1-2H3/t15-,16-,17-,20+,21-,22-,23-/m0/s1. The molecule has 164 valence electrons. The van der Waals surface area contributed by atoms with E-state index in [-0.39, 0.29) is 48.3 Å². The SMILES string of the molecule is C[C@]12C=CC(=O)C=C1CC[C@@H]1[C@@H]2[C@@H](O)C[C@@]2(C)[C@H]1CC[C@]2(O)C(=O)COC(=O)CN. The van der Waals surface area contributed by atoms with Gasteiger partial charge in [0.15, 0.2) is 12.4 Å². The molecule has 0 unspecified atom stereocenters. The van der Waals surface area contributed by atoms with E-state index in [2.05, 4.69) is 6.92 Å². The van der Waals surface area contributed by atoms with Gasteiger partial charge in [0.1, 0.15) is 5.60 Å². The molecule has 0 aromatic carbocycles. The minimum atomic E-state index is -1.64. The van der Waals surface area contributed by atoms with E-state index in [4.69, 9.17) is 10.5 Å². The van der Waals surface area contributed by atoms with Gasteiger partial charge in [0.2, 0.25) is 5.78 Å². The molecule has 0 radical (unpaired) electrons. The van der Waals surface area contributed by atoms with Gasteiger partial charge in [0, 0.05) is 16.7 Å². The summed E-state index contributed by atoms with van der Waals surface area (Å²) < 4.78 is 4.90. The Hall–Kier alpha value is -1.83. The number of ketones is 2. The van der Waals surface area contributed by atoms with E-state index in [9.17, 15) is 24.6 Å². The first-order chi connectivity index (χ1) is 14.1. The van der Waals surface area contributed by atoms with Crippen molar-refractivity contribution in [2.45, 2.75) is 57.7 Å². The number of aliphatic hydroxyl groups excluding tert-OH is 1. The van der Waals surface area contributed by atoms with Crippen LogP contribution in [0.15, 0.2) is 23.8 Å². The molecule has 4 aliphatic rings. The van der Waals surface area contributed by atoms with E-state index in [1.54, 1.807) is 12.2 Å². The van der Waals surface area contributed by atoms with Gasteiger partial charge in [0.05, 0.1) is 12.6 Å². The first-order valence-corrected chi connectivity index (χ1v) is 10.8. The van der Waals surface area contributed by atoms with Gasteiger partial charge < -0.3 is 20.7 Å². The molecule has 0 bridgehead atoms. The molecule has 0 heterocycles. The van der Waals surface area contributed by atoms with Crippen molar-refractivity contribution >= 4 is 17.5 Å². The number of fused-ring (bicyclic) bond motifs is 5. The number of ether oxygens (including phenoxy) is 1. The summed E-state index contributed by atoms with van der Waals surface area (Å²) in [5.74, 6) is -1.09. The zero-order chi connectivity index (χ0) is 21.9. The third-order valence-electron chi connectivity index (χ3n) is 8.64. The molecule has 4 N–H and O–H groups in total.